The van der Waals surface area contributed by atoms with E-state index in [1.165, 1.54) is 4.90 Å². The van der Waals surface area contributed by atoms with Gasteiger partial charge < -0.3 is 0 Å². The van der Waals surface area contributed by atoms with Crippen LogP contribution in [0.25, 0.3) is 0 Å². The van der Waals surface area contributed by atoms with Crippen molar-refractivity contribution in [1.29, 1.82) is 0 Å². The number of hydrogen-bond donors (Lipinski definition) is 0. The van der Waals surface area contributed by atoms with Crippen molar-refractivity contribution >= 4 is 34.8 Å². The van der Waals surface area contributed by atoms with Crippen molar-refractivity contribution in [3.8, 4) is 0 Å². The van der Waals surface area contributed by atoms with Crippen LogP contribution in [0.2, 0.25) is 5.02 Å². The van der Waals surface area contributed by atoms with Gasteiger partial charge >= 0.3 is 0 Å². The Bertz CT molecular complexity index is 825. The van der Waals surface area contributed by atoms with Gasteiger partial charge in [0.25, 0.3) is 5.91 Å². The standard InChI is InChI=1S/C20H19ClN2O3/c1-2-6-16-17-18(26-23(16)15-7-4-3-5-8-15)20(25)22(19(17)24)14-11-9-13(21)10-12-14/h3-5,7-12,16-18H,2,6H2,1H3/t16-,17-,18-/m0/s1. The van der Waals surface area contributed by atoms with E-state index in [0.717, 1.165) is 18.5 Å². The molecule has 3 atom stereocenters. The number of halogens is 1. The van der Waals surface area contributed by atoms with E-state index in [9.17, 15) is 9.59 Å². The lowest BCUT2D eigenvalue weighted by Gasteiger charge is -2.28. The van der Waals surface area contributed by atoms with Crippen molar-refractivity contribution in [3.63, 3.8) is 0 Å². The summed E-state index contributed by atoms with van der Waals surface area (Å²) in [5, 5.41) is 2.30. The van der Waals surface area contributed by atoms with Crippen LogP contribution in [0.4, 0.5) is 11.4 Å². The van der Waals surface area contributed by atoms with E-state index in [1.54, 1.807) is 29.3 Å². The first-order valence-corrected chi connectivity index (χ1v) is 9.14. The molecule has 6 heteroatoms. The largest absolute Gasteiger partial charge is 0.273 e. The number of hydrogen-bond acceptors (Lipinski definition) is 4. The average Bonchev–Trinajstić information content (AvgIpc) is 3.14. The fourth-order valence-electron chi connectivity index (χ4n) is 3.76. The van der Waals surface area contributed by atoms with E-state index in [4.69, 9.17) is 16.4 Å². The Morgan fingerprint density at radius 3 is 2.31 bits per heavy atom. The molecule has 0 radical (unpaired) electrons. The highest BCUT2D eigenvalue weighted by molar-refractivity contribution is 6.31. The van der Waals surface area contributed by atoms with Crippen molar-refractivity contribution < 1.29 is 14.4 Å². The Hall–Kier alpha value is -2.37. The quantitative estimate of drug-likeness (QED) is 0.768. The van der Waals surface area contributed by atoms with E-state index in [1.807, 2.05) is 30.3 Å². The monoisotopic (exact) mass is 370 g/mol. The van der Waals surface area contributed by atoms with Crippen LogP contribution in [0.1, 0.15) is 19.8 Å². The third-order valence-electron chi connectivity index (χ3n) is 4.92. The number of imide groups is 1. The van der Waals surface area contributed by atoms with Crippen LogP contribution in [-0.2, 0) is 14.4 Å². The molecule has 2 aromatic rings. The molecule has 134 valence electrons. The number of benzene rings is 2. The average molecular weight is 371 g/mol. The second-order valence-corrected chi connectivity index (χ2v) is 6.99. The minimum atomic E-state index is -0.782. The molecule has 2 aliphatic heterocycles. The highest BCUT2D eigenvalue weighted by Gasteiger charge is 2.59. The molecule has 2 heterocycles. The second kappa shape index (κ2) is 6.74. The second-order valence-electron chi connectivity index (χ2n) is 6.56. The van der Waals surface area contributed by atoms with Crippen molar-refractivity contribution in [1.82, 2.24) is 0 Å². The van der Waals surface area contributed by atoms with Gasteiger partial charge in [0.15, 0.2) is 6.10 Å². The number of carbonyl (C=O) groups is 2. The Kier molecular flexibility index (Phi) is 4.42. The number of para-hydroxylation sites is 1. The van der Waals surface area contributed by atoms with Gasteiger partial charge in [-0.15, -0.1) is 0 Å². The highest BCUT2D eigenvalue weighted by atomic mass is 35.5. The maximum absolute atomic E-state index is 13.1. The summed E-state index contributed by atoms with van der Waals surface area (Å²) in [6.45, 7) is 2.06. The fourth-order valence-corrected chi connectivity index (χ4v) is 3.88. The molecular weight excluding hydrogens is 352 g/mol. The van der Waals surface area contributed by atoms with Crippen LogP contribution in [-0.4, -0.2) is 24.0 Å². The maximum Gasteiger partial charge on any atom is 0.266 e. The van der Waals surface area contributed by atoms with Crippen molar-refractivity contribution in [2.45, 2.75) is 31.9 Å². The summed E-state index contributed by atoms with van der Waals surface area (Å²) < 4.78 is 0. The normalized spacial score (nSPS) is 25.1. The minimum Gasteiger partial charge on any atom is -0.273 e. The lowest BCUT2D eigenvalue weighted by Crippen LogP contribution is -2.40. The van der Waals surface area contributed by atoms with E-state index in [-0.39, 0.29) is 17.9 Å². The first kappa shape index (κ1) is 17.1. The van der Waals surface area contributed by atoms with E-state index < -0.39 is 12.0 Å². The highest BCUT2D eigenvalue weighted by Crippen LogP contribution is 2.41. The van der Waals surface area contributed by atoms with Crippen molar-refractivity contribution in [3.05, 3.63) is 59.6 Å². The summed E-state index contributed by atoms with van der Waals surface area (Å²) in [5.41, 5.74) is 1.39. The van der Waals surface area contributed by atoms with E-state index in [0.29, 0.717) is 10.7 Å². The molecule has 0 unspecified atom stereocenters. The summed E-state index contributed by atoms with van der Waals surface area (Å²) in [4.78, 5) is 33.3. The Labute approximate surface area is 157 Å². The number of amides is 2. The maximum atomic E-state index is 13.1. The van der Waals surface area contributed by atoms with Crippen LogP contribution in [0.15, 0.2) is 54.6 Å². The Morgan fingerprint density at radius 1 is 0.962 bits per heavy atom. The Balaban J connectivity index is 1.67. The van der Waals surface area contributed by atoms with Gasteiger partial charge in [0.05, 0.1) is 23.3 Å². The van der Waals surface area contributed by atoms with Gasteiger partial charge in [0, 0.05) is 5.02 Å². The molecule has 0 N–H and O–H groups in total. The zero-order valence-electron chi connectivity index (χ0n) is 14.3. The summed E-state index contributed by atoms with van der Waals surface area (Å²) >= 11 is 5.92. The van der Waals surface area contributed by atoms with Crippen LogP contribution in [0, 0.1) is 5.92 Å². The molecule has 5 nitrogen and oxygen atoms in total. The van der Waals surface area contributed by atoms with Crippen LogP contribution in [0.3, 0.4) is 0 Å². The molecule has 4 rings (SSSR count). The van der Waals surface area contributed by atoms with Crippen LogP contribution < -0.4 is 9.96 Å². The first-order valence-electron chi connectivity index (χ1n) is 8.76. The molecule has 0 aromatic heterocycles. The molecule has 2 saturated heterocycles. The van der Waals surface area contributed by atoms with Gasteiger partial charge in [-0.05, 0) is 42.8 Å². The third kappa shape index (κ3) is 2.68. The zero-order valence-corrected chi connectivity index (χ0v) is 15.1. The first-order chi connectivity index (χ1) is 12.6. The minimum absolute atomic E-state index is 0.166. The molecular formula is C20H19ClN2O3. The number of anilines is 2. The lowest BCUT2D eigenvalue weighted by atomic mass is 9.93. The number of nitrogens with zero attached hydrogens (tertiary/aromatic N) is 2. The molecule has 0 saturated carbocycles. The molecule has 2 aromatic carbocycles. The van der Waals surface area contributed by atoms with E-state index in [2.05, 4.69) is 6.92 Å². The zero-order chi connectivity index (χ0) is 18.3. The van der Waals surface area contributed by atoms with Crippen LogP contribution >= 0.6 is 11.6 Å². The van der Waals surface area contributed by atoms with Crippen LogP contribution in [0.5, 0.6) is 0 Å². The predicted molar refractivity (Wildman–Crippen MR) is 99.9 cm³/mol. The summed E-state index contributed by atoms with van der Waals surface area (Å²) in [7, 11) is 0. The smallest absolute Gasteiger partial charge is 0.266 e. The number of hydroxylamine groups is 1. The molecule has 0 spiro atoms. The molecule has 0 aliphatic carbocycles. The molecule has 2 aliphatic rings. The van der Waals surface area contributed by atoms with Gasteiger partial charge in [-0.3, -0.25) is 14.4 Å². The predicted octanol–water partition coefficient (Wildman–Crippen LogP) is 3.82. The van der Waals surface area contributed by atoms with Gasteiger partial charge in [-0.25, -0.2) is 9.96 Å². The van der Waals surface area contributed by atoms with Gasteiger partial charge in [-0.2, -0.15) is 0 Å². The van der Waals surface area contributed by atoms with Crippen molar-refractivity contribution in [2.75, 3.05) is 9.96 Å². The number of fused-ring (bicyclic) bond motifs is 1. The molecule has 0 bridgehead atoms. The molecule has 2 fully saturated rings. The SMILES string of the molecule is CCC[C@H]1[C@@H]2C(=O)N(c3ccc(Cl)cc3)C(=O)[C@H]2ON1c1ccccc1. The van der Waals surface area contributed by atoms with E-state index >= 15 is 0 Å². The third-order valence-corrected chi connectivity index (χ3v) is 5.17. The summed E-state index contributed by atoms with van der Waals surface area (Å²) in [6.07, 6.45) is 0.877. The van der Waals surface area contributed by atoms with Gasteiger partial charge in [0.1, 0.15) is 0 Å². The lowest BCUT2D eigenvalue weighted by molar-refractivity contribution is -0.126. The topological polar surface area (TPSA) is 49.9 Å². The van der Waals surface area contributed by atoms with Crippen molar-refractivity contribution in [2.24, 2.45) is 5.92 Å². The fraction of sp³-hybridized carbons (Fsp3) is 0.300. The van der Waals surface area contributed by atoms with Gasteiger partial charge in [0.2, 0.25) is 5.91 Å². The molecule has 2 amide bonds. The summed E-state index contributed by atoms with van der Waals surface area (Å²) in [6, 6.07) is 16.2. The molecule has 26 heavy (non-hydrogen) atoms. The number of rotatable bonds is 4. The summed E-state index contributed by atoms with van der Waals surface area (Å²) in [5.74, 6) is -1.03. The number of carbonyl (C=O) groups excluding carboxylic acids is 2. The Morgan fingerprint density at radius 2 is 1.65 bits per heavy atom. The van der Waals surface area contributed by atoms with Gasteiger partial charge in [-0.1, -0.05) is 43.1 Å².